The molecule has 234 valence electrons. The van der Waals surface area contributed by atoms with E-state index in [1.54, 1.807) is 30.1 Å². The molecule has 14 nitrogen and oxygen atoms in total. The Balaban J connectivity index is 1.49. The van der Waals surface area contributed by atoms with Gasteiger partial charge < -0.3 is 41.5 Å². The molecule has 3 heterocycles. The van der Waals surface area contributed by atoms with Crippen LogP contribution in [0.5, 0.6) is 0 Å². The van der Waals surface area contributed by atoms with Gasteiger partial charge in [0.15, 0.2) is 0 Å². The van der Waals surface area contributed by atoms with E-state index < -0.39 is 11.9 Å². The zero-order chi connectivity index (χ0) is 30.9. The largest absolute Gasteiger partial charge is 0.396 e. The number of halogens is 3. The van der Waals surface area contributed by atoms with Crippen LogP contribution in [0.4, 0.5) is 23.5 Å². The van der Waals surface area contributed by atoms with E-state index in [1.807, 2.05) is 0 Å². The molecule has 4 rings (SSSR count). The average molecular weight is 658 g/mol. The number of hydrogen-bond donors (Lipinski definition) is 6. The third-order valence-electron chi connectivity index (χ3n) is 7.23. The van der Waals surface area contributed by atoms with Crippen molar-refractivity contribution in [1.29, 1.82) is 0 Å². The number of aliphatic hydroxyl groups excluding tert-OH is 1. The number of rotatable bonds is 13. The maximum atomic E-state index is 13.3. The molecule has 0 spiro atoms. The highest BCUT2D eigenvalue weighted by molar-refractivity contribution is 6.43. The minimum Gasteiger partial charge on any atom is -0.396 e. The Labute approximate surface area is 264 Å². The van der Waals surface area contributed by atoms with E-state index in [4.69, 9.17) is 34.8 Å². The molecule has 2 aromatic rings. The summed E-state index contributed by atoms with van der Waals surface area (Å²) in [5.41, 5.74) is 0.647. The number of piperazine rings is 1. The third kappa shape index (κ3) is 8.40. The van der Waals surface area contributed by atoms with Gasteiger partial charge >= 0.3 is 0 Å². The number of amides is 3. The monoisotopic (exact) mass is 656 g/mol. The zero-order valence-electron chi connectivity index (χ0n) is 23.6. The first-order valence-corrected chi connectivity index (χ1v) is 15.2. The summed E-state index contributed by atoms with van der Waals surface area (Å²) in [4.78, 5) is 54.6. The van der Waals surface area contributed by atoms with Crippen LogP contribution in [0.1, 0.15) is 12.8 Å². The van der Waals surface area contributed by atoms with Crippen molar-refractivity contribution in [2.24, 2.45) is 5.92 Å². The summed E-state index contributed by atoms with van der Waals surface area (Å²) in [6.07, 6.45) is 1.01. The quantitative estimate of drug-likeness (QED) is 0.170. The van der Waals surface area contributed by atoms with Crippen LogP contribution >= 0.6 is 34.8 Å². The number of hydrogen-bond acceptors (Lipinski definition) is 11. The molecule has 0 aliphatic carbocycles. The summed E-state index contributed by atoms with van der Waals surface area (Å²) in [5, 5.41) is 25.5. The van der Waals surface area contributed by atoms with Crippen molar-refractivity contribution < 1.29 is 19.5 Å². The minimum atomic E-state index is -0.871. The van der Waals surface area contributed by atoms with Crippen molar-refractivity contribution in [3.05, 3.63) is 28.2 Å². The van der Waals surface area contributed by atoms with Gasteiger partial charge in [0.2, 0.25) is 35.6 Å². The molecule has 2 aliphatic rings. The van der Waals surface area contributed by atoms with Gasteiger partial charge in [-0.25, -0.2) is 0 Å². The van der Waals surface area contributed by atoms with Gasteiger partial charge in [-0.05, 0) is 25.0 Å². The van der Waals surface area contributed by atoms with E-state index in [9.17, 15) is 19.5 Å². The first-order valence-electron chi connectivity index (χ1n) is 13.9. The van der Waals surface area contributed by atoms with Crippen LogP contribution in [0.15, 0.2) is 18.2 Å². The summed E-state index contributed by atoms with van der Waals surface area (Å²) in [6.45, 7) is 1.70. The smallest absolute Gasteiger partial charge is 0.244 e. The van der Waals surface area contributed by atoms with E-state index in [1.165, 1.54) is 4.90 Å². The molecule has 6 N–H and O–H groups in total. The molecular formula is C26H35Cl3N10O4. The molecule has 2 unspecified atom stereocenters. The first-order chi connectivity index (χ1) is 20.7. The van der Waals surface area contributed by atoms with Gasteiger partial charge in [-0.1, -0.05) is 29.3 Å². The lowest BCUT2D eigenvalue weighted by Gasteiger charge is -2.40. The fraction of sp³-hybridized carbons (Fsp3) is 0.538. The fourth-order valence-corrected chi connectivity index (χ4v) is 5.39. The number of aromatic nitrogens is 3. The molecule has 0 bridgehead atoms. The lowest BCUT2D eigenvalue weighted by Crippen LogP contribution is -2.61. The van der Waals surface area contributed by atoms with Crippen LogP contribution in [-0.4, -0.2) is 114 Å². The highest BCUT2D eigenvalue weighted by atomic mass is 35.5. The van der Waals surface area contributed by atoms with Crippen LogP contribution in [-0.2, 0) is 14.4 Å². The van der Waals surface area contributed by atoms with Gasteiger partial charge in [0.1, 0.15) is 11.9 Å². The molecule has 2 fully saturated rings. The van der Waals surface area contributed by atoms with E-state index in [0.717, 1.165) is 0 Å². The Kier molecular flexibility index (Phi) is 11.7. The Morgan fingerprint density at radius 3 is 2.67 bits per heavy atom. The molecule has 0 radical (unpaired) electrons. The Morgan fingerprint density at radius 1 is 1.19 bits per heavy atom. The Bertz CT molecular complexity index is 1310. The van der Waals surface area contributed by atoms with Crippen LogP contribution in [0.25, 0.3) is 0 Å². The summed E-state index contributed by atoms with van der Waals surface area (Å²) in [6, 6.07) is 4.10. The Morgan fingerprint density at radius 2 is 1.98 bits per heavy atom. The normalized spacial score (nSPS) is 19.0. The second-order valence-electron chi connectivity index (χ2n) is 10.1. The number of benzene rings is 1. The highest BCUT2D eigenvalue weighted by Gasteiger charge is 2.37. The van der Waals surface area contributed by atoms with Crippen molar-refractivity contribution in [3.8, 4) is 0 Å². The van der Waals surface area contributed by atoms with Gasteiger partial charge in [0.25, 0.3) is 0 Å². The predicted molar refractivity (Wildman–Crippen MR) is 166 cm³/mol. The predicted octanol–water partition coefficient (Wildman–Crippen LogP) is 1.00. The average Bonchev–Trinajstić information content (AvgIpc) is 3.43. The molecule has 2 aliphatic heterocycles. The number of aliphatic hydroxyl groups is 1. The minimum absolute atomic E-state index is 0.0880. The van der Waals surface area contributed by atoms with Gasteiger partial charge in [0.05, 0.1) is 28.2 Å². The Hall–Kier alpha value is -3.33. The molecule has 2 saturated heterocycles. The molecule has 3 amide bonds. The molecule has 1 aromatic carbocycles. The van der Waals surface area contributed by atoms with E-state index in [2.05, 4.69) is 41.5 Å². The molecule has 0 saturated carbocycles. The van der Waals surface area contributed by atoms with E-state index in [0.29, 0.717) is 54.2 Å². The lowest BCUT2D eigenvalue weighted by atomic mass is 10.1. The number of nitrogens with zero attached hydrogens (tertiary/aromatic N) is 5. The molecule has 3 atom stereocenters. The SMILES string of the molecule is CNc1nc(N[C@@H](CCO)CNc2cccc(Cl)c2Cl)nc(N2CCN(C(=O)CCl)C(C(=O)NCC3CCNC3=O)C2)n1. The fourth-order valence-electron chi connectivity index (χ4n) is 4.87. The summed E-state index contributed by atoms with van der Waals surface area (Å²) in [5.74, 6) is -0.610. The summed E-state index contributed by atoms with van der Waals surface area (Å²) >= 11 is 18.3. The van der Waals surface area contributed by atoms with Crippen molar-refractivity contribution in [2.45, 2.75) is 24.9 Å². The number of nitrogens with one attached hydrogen (secondary N) is 5. The topological polar surface area (TPSA) is 177 Å². The molecule has 43 heavy (non-hydrogen) atoms. The maximum absolute atomic E-state index is 13.3. The van der Waals surface area contributed by atoms with Crippen LogP contribution in [0, 0.1) is 5.92 Å². The second kappa shape index (κ2) is 15.4. The van der Waals surface area contributed by atoms with Crippen molar-refractivity contribution in [2.75, 3.05) is 79.7 Å². The molecular weight excluding hydrogens is 623 g/mol. The first kappa shape index (κ1) is 32.6. The van der Waals surface area contributed by atoms with Crippen molar-refractivity contribution in [1.82, 2.24) is 30.5 Å². The number of carbonyl (C=O) groups excluding carboxylic acids is 3. The lowest BCUT2D eigenvalue weighted by molar-refractivity contribution is -0.139. The van der Waals surface area contributed by atoms with Gasteiger partial charge in [0, 0.05) is 52.4 Å². The van der Waals surface area contributed by atoms with Crippen LogP contribution in [0.2, 0.25) is 10.0 Å². The van der Waals surface area contributed by atoms with Gasteiger partial charge in [-0.3, -0.25) is 14.4 Å². The van der Waals surface area contributed by atoms with Gasteiger partial charge in [-0.2, -0.15) is 15.0 Å². The molecule has 1 aromatic heterocycles. The van der Waals surface area contributed by atoms with Crippen LogP contribution < -0.4 is 31.5 Å². The third-order valence-corrected chi connectivity index (χ3v) is 8.28. The van der Waals surface area contributed by atoms with E-state index >= 15 is 0 Å². The number of carbonyl (C=O) groups is 3. The summed E-state index contributed by atoms with van der Waals surface area (Å²) in [7, 11) is 1.67. The number of alkyl halides is 1. The highest BCUT2D eigenvalue weighted by Crippen LogP contribution is 2.29. The number of anilines is 4. The zero-order valence-corrected chi connectivity index (χ0v) is 25.8. The standard InChI is InChI=1S/C26H35Cl3N10O4/c1-30-24-35-25(34-16(6-10-40)13-32-18-4-2-3-17(28)21(18)29)37-26(36-24)38-8-9-39(20(41)11-27)19(14-38)23(43)33-12-15-5-7-31-22(15)42/h2-4,15-16,19,32,40H,5-14H2,1H3,(H,31,42)(H,33,43)(H2,30,34,35,36,37)/t15?,16-,19?/m0/s1. The van der Waals surface area contributed by atoms with Crippen molar-refractivity contribution >= 4 is 76.1 Å². The van der Waals surface area contributed by atoms with Crippen LogP contribution in [0.3, 0.4) is 0 Å². The van der Waals surface area contributed by atoms with Gasteiger partial charge in [-0.15, -0.1) is 11.6 Å². The maximum Gasteiger partial charge on any atom is 0.244 e. The van der Waals surface area contributed by atoms with Crippen molar-refractivity contribution in [3.63, 3.8) is 0 Å². The summed E-state index contributed by atoms with van der Waals surface area (Å²) < 4.78 is 0. The molecule has 17 heteroatoms. The second-order valence-corrected chi connectivity index (χ2v) is 11.1. The van der Waals surface area contributed by atoms with E-state index in [-0.39, 0.29) is 67.8 Å².